The maximum Gasteiger partial charge on any atom is 0.265 e. The summed E-state index contributed by atoms with van der Waals surface area (Å²) in [5, 5.41) is 9.08. The van der Waals surface area contributed by atoms with Crippen LogP contribution in [0.2, 0.25) is 0 Å². The Labute approximate surface area is 153 Å². The topological polar surface area (TPSA) is 87.2 Å². The maximum absolute atomic E-state index is 14.2. The molecular weight excluding hydrogens is 383 g/mol. The van der Waals surface area contributed by atoms with E-state index in [1.807, 2.05) is 0 Å². The van der Waals surface area contributed by atoms with E-state index in [4.69, 9.17) is 9.88 Å². The zero-order valence-corrected chi connectivity index (χ0v) is 14.8. The van der Waals surface area contributed by atoms with E-state index in [2.05, 4.69) is 5.10 Å². The quantitative estimate of drug-likeness (QED) is 0.716. The van der Waals surface area contributed by atoms with Crippen molar-refractivity contribution in [3.63, 3.8) is 0 Å². The molecule has 0 unspecified atom stereocenters. The first-order chi connectivity index (χ1) is 12.7. The number of rotatable bonds is 5. The van der Waals surface area contributed by atoms with Crippen molar-refractivity contribution in [1.82, 2.24) is 9.78 Å². The third kappa shape index (κ3) is 3.67. The molecule has 10 heteroatoms. The molecule has 0 aliphatic carbocycles. The molecule has 0 aliphatic heterocycles. The van der Waals surface area contributed by atoms with Crippen LogP contribution in [0.25, 0.3) is 16.8 Å². The third-order valence-corrected chi connectivity index (χ3v) is 4.77. The van der Waals surface area contributed by atoms with Gasteiger partial charge in [-0.2, -0.15) is 5.10 Å². The first-order valence-electron chi connectivity index (χ1n) is 7.55. The highest BCUT2D eigenvalue weighted by Crippen LogP contribution is 2.37. The van der Waals surface area contributed by atoms with E-state index >= 15 is 0 Å². The average molecular weight is 397 g/mol. The van der Waals surface area contributed by atoms with Crippen molar-refractivity contribution < 1.29 is 26.3 Å². The van der Waals surface area contributed by atoms with Crippen LogP contribution in [0, 0.1) is 5.82 Å². The lowest BCUT2D eigenvalue weighted by Crippen LogP contribution is -2.14. The molecule has 0 aliphatic rings. The fourth-order valence-electron chi connectivity index (χ4n) is 2.67. The van der Waals surface area contributed by atoms with Gasteiger partial charge in [-0.3, -0.25) is 0 Å². The zero-order chi connectivity index (χ0) is 19.8. The van der Waals surface area contributed by atoms with E-state index in [0.717, 1.165) is 22.9 Å². The lowest BCUT2D eigenvalue weighted by molar-refractivity contribution is 0.151. The Morgan fingerprint density at radius 1 is 1.22 bits per heavy atom. The Morgan fingerprint density at radius 3 is 2.48 bits per heavy atom. The highest BCUT2D eigenvalue weighted by atomic mass is 32.2. The van der Waals surface area contributed by atoms with Gasteiger partial charge in [0.05, 0.1) is 17.7 Å². The van der Waals surface area contributed by atoms with Gasteiger partial charge in [0.2, 0.25) is 10.0 Å². The second-order valence-electron chi connectivity index (χ2n) is 5.55. The molecule has 2 aromatic carbocycles. The van der Waals surface area contributed by atoms with E-state index in [-0.39, 0.29) is 22.6 Å². The molecular formula is C17H14F3N3O3S. The van der Waals surface area contributed by atoms with Crippen LogP contribution in [-0.2, 0) is 10.0 Å². The van der Waals surface area contributed by atoms with Crippen LogP contribution in [0.4, 0.5) is 13.2 Å². The van der Waals surface area contributed by atoms with Gasteiger partial charge in [0.1, 0.15) is 0 Å². The van der Waals surface area contributed by atoms with E-state index < -0.39 is 32.7 Å². The van der Waals surface area contributed by atoms with E-state index in [1.165, 1.54) is 37.7 Å². The molecule has 0 saturated carbocycles. The van der Waals surface area contributed by atoms with Crippen molar-refractivity contribution in [2.45, 2.75) is 11.3 Å². The lowest BCUT2D eigenvalue weighted by Gasteiger charge is -2.17. The molecule has 0 bridgehead atoms. The number of alkyl halides is 2. The molecule has 0 fully saturated rings. The molecule has 3 rings (SSSR count). The Balaban J connectivity index is 2.39. The van der Waals surface area contributed by atoms with Crippen LogP contribution in [0.1, 0.15) is 12.0 Å². The number of benzene rings is 2. The van der Waals surface area contributed by atoms with Crippen LogP contribution in [-0.4, -0.2) is 25.3 Å². The second kappa shape index (κ2) is 7.05. The number of aromatic nitrogens is 2. The van der Waals surface area contributed by atoms with E-state index in [1.54, 1.807) is 0 Å². The van der Waals surface area contributed by atoms with Gasteiger partial charge in [-0.1, -0.05) is 6.07 Å². The average Bonchev–Trinajstić information content (AvgIpc) is 3.13. The minimum absolute atomic E-state index is 0.0297. The summed E-state index contributed by atoms with van der Waals surface area (Å²) in [6, 6.07) is 7.21. The van der Waals surface area contributed by atoms with Gasteiger partial charge in [-0.05, 0) is 35.9 Å². The number of hydrogen-bond donors (Lipinski definition) is 1. The lowest BCUT2D eigenvalue weighted by atomic mass is 9.99. The first kappa shape index (κ1) is 18.9. The highest BCUT2D eigenvalue weighted by molar-refractivity contribution is 7.89. The van der Waals surface area contributed by atoms with Gasteiger partial charge >= 0.3 is 0 Å². The summed E-state index contributed by atoms with van der Waals surface area (Å²) >= 11 is 0. The highest BCUT2D eigenvalue weighted by Gasteiger charge is 2.24. The Bertz CT molecular complexity index is 1080. The second-order valence-corrected chi connectivity index (χ2v) is 7.12. The van der Waals surface area contributed by atoms with Crippen LogP contribution in [0.3, 0.4) is 0 Å². The van der Waals surface area contributed by atoms with Crippen LogP contribution in [0.5, 0.6) is 5.75 Å². The predicted molar refractivity (Wildman–Crippen MR) is 91.8 cm³/mol. The van der Waals surface area contributed by atoms with E-state index in [9.17, 15) is 21.6 Å². The van der Waals surface area contributed by atoms with Crippen molar-refractivity contribution in [1.29, 1.82) is 0 Å². The minimum Gasteiger partial charge on any atom is -0.494 e. The standard InChI is InChI=1S/C17H14F3N3O3S/c1-26-15-4-3-10(7-14(15)18)12-8-11(27(21,24)25)9-13(17(19)20)16(12)23-6-2-5-22-23/h2-9,17H,1H3,(H2,21,24,25). The number of ether oxygens (including phenoxy) is 1. The Kier molecular flexibility index (Phi) is 4.94. The van der Waals surface area contributed by atoms with Crippen molar-refractivity contribution in [3.05, 3.63) is 60.2 Å². The van der Waals surface area contributed by atoms with E-state index in [0.29, 0.717) is 0 Å². The van der Waals surface area contributed by atoms with Gasteiger partial charge in [-0.15, -0.1) is 0 Å². The zero-order valence-electron chi connectivity index (χ0n) is 13.9. The first-order valence-corrected chi connectivity index (χ1v) is 9.10. The molecule has 0 amide bonds. The van der Waals surface area contributed by atoms with Crippen molar-refractivity contribution >= 4 is 10.0 Å². The Hall–Kier alpha value is -2.85. The molecule has 0 radical (unpaired) electrons. The molecule has 0 saturated heterocycles. The van der Waals surface area contributed by atoms with Crippen LogP contribution >= 0.6 is 0 Å². The number of primary sulfonamides is 1. The Morgan fingerprint density at radius 2 is 1.96 bits per heavy atom. The summed E-state index contributed by atoms with van der Waals surface area (Å²) in [7, 11) is -3.00. The van der Waals surface area contributed by atoms with Crippen molar-refractivity contribution in [2.24, 2.45) is 5.14 Å². The molecule has 142 valence electrons. The van der Waals surface area contributed by atoms with Gasteiger partial charge in [0, 0.05) is 23.5 Å². The van der Waals surface area contributed by atoms with Crippen LogP contribution in [0.15, 0.2) is 53.7 Å². The summed E-state index contributed by atoms with van der Waals surface area (Å²) < 4.78 is 71.1. The van der Waals surface area contributed by atoms with Gasteiger partial charge < -0.3 is 4.74 Å². The summed E-state index contributed by atoms with van der Waals surface area (Å²) in [4.78, 5) is -0.514. The molecule has 0 atom stereocenters. The molecule has 6 nitrogen and oxygen atoms in total. The fourth-order valence-corrected chi connectivity index (χ4v) is 3.24. The molecule has 27 heavy (non-hydrogen) atoms. The third-order valence-electron chi connectivity index (χ3n) is 3.87. The van der Waals surface area contributed by atoms with Gasteiger partial charge in [0.15, 0.2) is 11.6 Å². The summed E-state index contributed by atoms with van der Waals surface area (Å²) in [5.74, 6) is -0.780. The number of hydrogen-bond acceptors (Lipinski definition) is 4. The molecule has 1 heterocycles. The minimum atomic E-state index is -4.28. The molecule has 3 aromatic rings. The number of nitrogens with zero attached hydrogens (tertiary/aromatic N) is 2. The van der Waals surface area contributed by atoms with Gasteiger partial charge in [-0.25, -0.2) is 31.4 Å². The summed E-state index contributed by atoms with van der Waals surface area (Å²) in [5.41, 5.74) is -0.489. The maximum atomic E-state index is 14.2. The largest absolute Gasteiger partial charge is 0.494 e. The van der Waals surface area contributed by atoms with Crippen molar-refractivity contribution in [2.75, 3.05) is 7.11 Å². The summed E-state index contributed by atoms with van der Waals surface area (Å²) in [6.45, 7) is 0. The number of halogens is 3. The fraction of sp³-hybridized carbons (Fsp3) is 0.118. The normalized spacial score (nSPS) is 11.8. The SMILES string of the molecule is COc1ccc(-c2cc(S(N)(=O)=O)cc(C(F)F)c2-n2cccn2)cc1F. The monoisotopic (exact) mass is 397 g/mol. The van der Waals surface area contributed by atoms with Crippen molar-refractivity contribution in [3.8, 4) is 22.6 Å². The predicted octanol–water partition coefficient (Wildman–Crippen LogP) is 3.27. The number of nitrogens with two attached hydrogens (primary N) is 1. The summed E-state index contributed by atoms with van der Waals surface area (Å²) in [6.07, 6.45) is -0.227. The molecule has 2 N–H and O–H groups in total. The molecule has 1 aromatic heterocycles. The smallest absolute Gasteiger partial charge is 0.265 e. The molecule has 0 spiro atoms. The van der Waals surface area contributed by atoms with Crippen LogP contribution < -0.4 is 9.88 Å². The number of sulfonamides is 1. The number of methoxy groups -OCH3 is 1. The van der Waals surface area contributed by atoms with Gasteiger partial charge in [0.25, 0.3) is 6.43 Å².